The van der Waals surface area contributed by atoms with E-state index in [2.05, 4.69) is 10.2 Å². The fourth-order valence-electron chi connectivity index (χ4n) is 0.253. The van der Waals surface area contributed by atoms with Gasteiger partial charge in [-0.15, -0.1) is 0 Å². The minimum atomic E-state index is 1.64. The molecule has 6 heavy (non-hydrogen) atoms. The topological polar surface area (TPSA) is 26.5 Å². The summed E-state index contributed by atoms with van der Waals surface area (Å²) in [7, 11) is 0. The fraction of sp³-hybridized carbons (Fsp3) is 0. The maximum Gasteiger partial charge on any atom is 0.277 e. The molecule has 1 aliphatic rings. The summed E-state index contributed by atoms with van der Waals surface area (Å²) in [6.07, 6.45) is 6.93. The van der Waals surface area contributed by atoms with E-state index in [1.807, 2.05) is 12.2 Å². The SMILES string of the molecule is C1=CC=[N+]N=C1. The van der Waals surface area contributed by atoms with Gasteiger partial charge >= 0.3 is 0 Å². The van der Waals surface area contributed by atoms with Gasteiger partial charge in [0.1, 0.15) is 6.21 Å². The second-order valence-corrected chi connectivity index (χ2v) is 0.914. The van der Waals surface area contributed by atoms with Gasteiger partial charge in [0.25, 0.3) is 6.21 Å². The average molecular weight is 80.1 g/mol. The lowest BCUT2D eigenvalue weighted by Gasteiger charge is -1.61. The monoisotopic (exact) mass is 80.0 g/mol. The summed E-state index contributed by atoms with van der Waals surface area (Å²) in [5.74, 6) is 0. The summed E-state index contributed by atoms with van der Waals surface area (Å²) in [6.45, 7) is 0. The van der Waals surface area contributed by atoms with Crippen molar-refractivity contribution in [3.05, 3.63) is 12.2 Å². The third-order valence-electron chi connectivity index (χ3n) is 0.483. The molecule has 0 atom stereocenters. The van der Waals surface area contributed by atoms with Crippen LogP contribution in [-0.2, 0) is 0 Å². The Balaban J connectivity index is 2.77. The molecule has 0 bridgehead atoms. The maximum absolute atomic E-state index is 3.53. The van der Waals surface area contributed by atoms with Crippen LogP contribution in [0.4, 0.5) is 0 Å². The Bertz CT molecular complexity index is 74.9. The molecule has 0 spiro atoms. The molecule has 0 saturated heterocycles. The van der Waals surface area contributed by atoms with Gasteiger partial charge in [-0.25, -0.2) is 0 Å². The van der Waals surface area contributed by atoms with Crippen LogP contribution < -0.4 is 5.10 Å². The van der Waals surface area contributed by atoms with E-state index in [1.54, 1.807) is 12.4 Å². The van der Waals surface area contributed by atoms with Crippen LogP contribution in [0.15, 0.2) is 17.3 Å². The first-order valence-electron chi connectivity index (χ1n) is 1.72. The molecule has 1 heterocycles. The van der Waals surface area contributed by atoms with Crippen molar-refractivity contribution in [2.75, 3.05) is 0 Å². The second-order valence-electron chi connectivity index (χ2n) is 0.914. The summed E-state index contributed by atoms with van der Waals surface area (Å²) in [5.41, 5.74) is 0. The molecule has 1 radical (unpaired) electrons. The Kier molecular flexibility index (Phi) is 0.819. The molecule has 0 aliphatic carbocycles. The van der Waals surface area contributed by atoms with Gasteiger partial charge in [-0.2, -0.15) is 0 Å². The largest absolute Gasteiger partial charge is 0.277 e. The van der Waals surface area contributed by atoms with Crippen LogP contribution >= 0.6 is 0 Å². The van der Waals surface area contributed by atoms with Crippen molar-refractivity contribution in [3.63, 3.8) is 0 Å². The van der Waals surface area contributed by atoms with Gasteiger partial charge in [0.05, 0.1) is 5.10 Å². The highest BCUT2D eigenvalue weighted by Crippen LogP contribution is 1.65. The number of hydrogen-bond acceptors (Lipinski definition) is 2. The van der Waals surface area contributed by atoms with Crippen LogP contribution in [0.5, 0.6) is 0 Å². The molecule has 29 valence electrons. The summed E-state index contributed by atoms with van der Waals surface area (Å²) in [5, 5.41) is 7.07. The van der Waals surface area contributed by atoms with Crippen LogP contribution in [0.3, 0.4) is 0 Å². The molecule has 2 nitrogen and oxygen atoms in total. The lowest BCUT2D eigenvalue weighted by molar-refractivity contribution is 1.12. The van der Waals surface area contributed by atoms with Crippen LogP contribution in [0, 0.1) is 0 Å². The number of nitrogens with zero attached hydrogens (tertiary/aromatic N) is 2. The van der Waals surface area contributed by atoms with E-state index in [0.717, 1.165) is 0 Å². The molecule has 0 N–H and O–H groups in total. The van der Waals surface area contributed by atoms with E-state index in [0.29, 0.717) is 0 Å². The second kappa shape index (κ2) is 1.50. The predicted molar refractivity (Wildman–Crippen MR) is 25.8 cm³/mol. The zero-order chi connectivity index (χ0) is 4.24. The first-order chi connectivity index (χ1) is 3.00. The zero-order valence-electron chi connectivity index (χ0n) is 3.20. The van der Waals surface area contributed by atoms with Gasteiger partial charge in [-0.3, -0.25) is 0 Å². The van der Waals surface area contributed by atoms with E-state index >= 15 is 0 Å². The standard InChI is InChI=1S/C4H4N2/c1-2-4-6-5-3-1/h1-4H/q+1. The molecule has 0 unspecified atom stereocenters. The Labute approximate surface area is 35.9 Å². The summed E-state index contributed by atoms with van der Waals surface area (Å²) in [6, 6.07) is 0. The van der Waals surface area contributed by atoms with Gasteiger partial charge in [0, 0.05) is 6.08 Å². The lowest BCUT2D eigenvalue weighted by Crippen LogP contribution is -1.84. The van der Waals surface area contributed by atoms with E-state index in [4.69, 9.17) is 0 Å². The molecular weight excluding hydrogens is 76.1 g/mol. The molecular formula is C4H4N2+. The zero-order valence-corrected chi connectivity index (χ0v) is 3.20. The minimum Gasteiger partial charge on any atom is -0.0312 e. The van der Waals surface area contributed by atoms with Crippen molar-refractivity contribution in [1.82, 2.24) is 5.10 Å². The van der Waals surface area contributed by atoms with Crippen LogP contribution in [-0.4, -0.2) is 12.4 Å². The lowest BCUT2D eigenvalue weighted by atomic mass is 10.5. The molecule has 0 aromatic heterocycles. The number of hydrogen-bond donors (Lipinski definition) is 0. The van der Waals surface area contributed by atoms with Gasteiger partial charge in [0.2, 0.25) is 0 Å². The van der Waals surface area contributed by atoms with Crippen LogP contribution in [0.1, 0.15) is 0 Å². The van der Waals surface area contributed by atoms with E-state index in [9.17, 15) is 0 Å². The highest BCUT2D eigenvalue weighted by atomic mass is 15.2. The van der Waals surface area contributed by atoms with Crippen LogP contribution in [0.2, 0.25) is 0 Å². The first kappa shape index (κ1) is 3.28. The smallest absolute Gasteiger partial charge is 0.0312 e. The number of rotatable bonds is 0. The van der Waals surface area contributed by atoms with Crippen molar-refractivity contribution >= 4 is 12.4 Å². The molecule has 0 amide bonds. The van der Waals surface area contributed by atoms with Gasteiger partial charge in [0.15, 0.2) is 5.10 Å². The van der Waals surface area contributed by atoms with Gasteiger partial charge in [-0.05, 0) is 6.08 Å². The van der Waals surface area contributed by atoms with Gasteiger partial charge in [-0.1, -0.05) is 0 Å². The van der Waals surface area contributed by atoms with Gasteiger partial charge < -0.3 is 0 Å². The molecule has 1 aliphatic heterocycles. The highest BCUT2D eigenvalue weighted by molar-refractivity contribution is 5.83. The van der Waals surface area contributed by atoms with Crippen molar-refractivity contribution < 1.29 is 0 Å². The molecule has 1 rings (SSSR count). The quantitative estimate of drug-likeness (QED) is 0.390. The fourth-order valence-corrected chi connectivity index (χ4v) is 0.253. The summed E-state index contributed by atoms with van der Waals surface area (Å²) < 4.78 is 0. The van der Waals surface area contributed by atoms with Crippen molar-refractivity contribution in [3.8, 4) is 0 Å². The molecule has 2 heteroatoms. The predicted octanol–water partition coefficient (Wildman–Crippen LogP) is -0.0514. The summed E-state index contributed by atoms with van der Waals surface area (Å²) in [4.78, 5) is 0. The molecule has 0 fully saturated rings. The minimum absolute atomic E-state index is 1.64. The van der Waals surface area contributed by atoms with Crippen molar-refractivity contribution in [2.24, 2.45) is 5.10 Å². The Morgan fingerprint density at radius 3 is 2.50 bits per heavy atom. The van der Waals surface area contributed by atoms with Crippen molar-refractivity contribution in [2.45, 2.75) is 0 Å². The molecule has 0 aromatic rings. The van der Waals surface area contributed by atoms with E-state index < -0.39 is 0 Å². The number of allylic oxidation sites excluding steroid dienone is 2. The third-order valence-corrected chi connectivity index (χ3v) is 0.483. The van der Waals surface area contributed by atoms with E-state index in [1.165, 1.54) is 0 Å². The first-order valence-corrected chi connectivity index (χ1v) is 1.72. The summed E-state index contributed by atoms with van der Waals surface area (Å²) >= 11 is 0. The third kappa shape index (κ3) is 0.516. The Morgan fingerprint density at radius 2 is 2.33 bits per heavy atom. The average Bonchev–Trinajstić information content (AvgIpc) is 1.72. The Hall–Kier alpha value is -0.920. The van der Waals surface area contributed by atoms with E-state index in [-0.39, 0.29) is 0 Å². The Morgan fingerprint density at radius 1 is 1.33 bits per heavy atom. The van der Waals surface area contributed by atoms with Crippen molar-refractivity contribution in [1.29, 1.82) is 0 Å². The highest BCUT2D eigenvalue weighted by Gasteiger charge is 1.82. The maximum atomic E-state index is 3.53. The van der Waals surface area contributed by atoms with Crippen LogP contribution in [0.25, 0.3) is 0 Å². The normalized spacial score (nSPS) is 16.0. The molecule has 0 saturated carbocycles. The molecule has 0 aromatic carbocycles.